The van der Waals surface area contributed by atoms with E-state index in [-0.39, 0.29) is 5.69 Å². The van der Waals surface area contributed by atoms with Crippen LogP contribution in [0.5, 0.6) is 0 Å². The Morgan fingerprint density at radius 2 is 1.91 bits per heavy atom. The molecule has 1 heterocycles. The summed E-state index contributed by atoms with van der Waals surface area (Å²) in [7, 11) is 3.07. The fourth-order valence-corrected chi connectivity index (χ4v) is 3.76. The van der Waals surface area contributed by atoms with Gasteiger partial charge in [-0.3, -0.25) is 0 Å². The van der Waals surface area contributed by atoms with Crippen molar-refractivity contribution in [2.24, 2.45) is 10.7 Å². The number of aliphatic imine (C=N–C) groups is 1. The fraction of sp³-hybridized carbons (Fsp3) is 0.333. The summed E-state index contributed by atoms with van der Waals surface area (Å²) in [5, 5.41) is 12.3. The minimum Gasteiger partial charge on any atom is -0.431 e. The molecular weight excluding hydrogens is 498 g/mol. The average molecular weight is 511 g/mol. The van der Waals surface area contributed by atoms with E-state index < -0.39 is 62.9 Å². The molecule has 2 N–H and O–H groups in total. The molecule has 1 aromatic carbocycles. The number of carbonyl (C=O) groups excluding carboxylic acids is 1. The van der Waals surface area contributed by atoms with Gasteiger partial charge in [-0.2, -0.15) is 23.5 Å². The minimum atomic E-state index is -4.78. The number of amides is 1. The molecule has 0 bridgehead atoms. The highest BCUT2D eigenvalue weighted by molar-refractivity contribution is 6.38. The molecule has 15 heteroatoms. The topological polar surface area (TPSA) is 110 Å². The van der Waals surface area contributed by atoms with Crippen molar-refractivity contribution in [1.29, 1.82) is 5.26 Å². The van der Waals surface area contributed by atoms with Gasteiger partial charge in [-0.05, 0) is 12.1 Å². The van der Waals surface area contributed by atoms with Gasteiger partial charge in [0.05, 0.1) is 33.9 Å². The van der Waals surface area contributed by atoms with Crippen molar-refractivity contribution in [3.8, 4) is 11.8 Å². The predicted molar refractivity (Wildman–Crippen MR) is 107 cm³/mol. The molecule has 1 saturated carbocycles. The van der Waals surface area contributed by atoms with Crippen molar-refractivity contribution in [2.75, 3.05) is 14.1 Å². The zero-order valence-electron chi connectivity index (χ0n) is 16.7. The number of nitriles is 1. The first kappa shape index (κ1) is 24.5. The fourth-order valence-electron chi connectivity index (χ4n) is 3.11. The first-order valence-corrected chi connectivity index (χ1v) is 9.57. The highest BCUT2D eigenvalue weighted by Gasteiger charge is 2.78. The monoisotopic (exact) mass is 510 g/mol. The van der Waals surface area contributed by atoms with Gasteiger partial charge in [0.25, 0.3) is 5.92 Å². The molecule has 1 fully saturated rings. The third-order valence-electron chi connectivity index (χ3n) is 4.55. The maximum atomic E-state index is 14.4. The van der Waals surface area contributed by atoms with E-state index in [4.69, 9.17) is 33.7 Å². The summed E-state index contributed by atoms with van der Waals surface area (Å²) in [4.78, 5) is 16.8. The largest absolute Gasteiger partial charge is 0.431 e. The Morgan fingerprint density at radius 1 is 1.36 bits per heavy atom. The molecule has 1 aromatic heterocycles. The van der Waals surface area contributed by atoms with Gasteiger partial charge in [0.1, 0.15) is 11.8 Å². The number of halogens is 7. The highest BCUT2D eigenvalue weighted by atomic mass is 35.5. The van der Waals surface area contributed by atoms with Crippen molar-refractivity contribution in [1.82, 2.24) is 14.7 Å². The lowest BCUT2D eigenvalue weighted by atomic mass is 10.1. The summed E-state index contributed by atoms with van der Waals surface area (Å²) in [6.07, 6.45) is -6.21. The molecule has 0 spiro atoms. The van der Waals surface area contributed by atoms with E-state index in [1.54, 1.807) is 6.07 Å². The summed E-state index contributed by atoms with van der Waals surface area (Å²) in [5.74, 6) is -4.10. The summed E-state index contributed by atoms with van der Waals surface area (Å²) < 4.78 is 73.6. The van der Waals surface area contributed by atoms with Crippen LogP contribution in [0.4, 0.5) is 32.6 Å². The molecular formula is C18H13Cl2F5N6O2. The second kappa shape index (κ2) is 8.03. The second-order valence-electron chi connectivity index (χ2n) is 7.19. The minimum absolute atomic E-state index is 0.363. The van der Waals surface area contributed by atoms with Crippen LogP contribution in [0.1, 0.15) is 23.2 Å². The van der Waals surface area contributed by atoms with Gasteiger partial charge in [0, 0.05) is 14.1 Å². The smallest absolute Gasteiger partial charge is 0.416 e. The number of nitrogens with zero attached hydrogens (tertiary/aromatic N) is 5. The molecule has 1 aliphatic rings. The van der Waals surface area contributed by atoms with Gasteiger partial charge < -0.3 is 15.4 Å². The van der Waals surface area contributed by atoms with Gasteiger partial charge in [0.2, 0.25) is 5.60 Å². The van der Waals surface area contributed by atoms with E-state index in [1.807, 2.05) is 0 Å². The zero-order chi connectivity index (χ0) is 24.9. The third kappa shape index (κ3) is 4.28. The molecule has 1 aliphatic carbocycles. The summed E-state index contributed by atoms with van der Waals surface area (Å²) in [5.41, 5.74) is -0.476. The summed E-state index contributed by atoms with van der Waals surface area (Å²) in [6, 6.07) is 2.70. The normalized spacial score (nSPS) is 19.4. The Balaban J connectivity index is 2.36. The average Bonchev–Trinajstić information content (AvgIpc) is 3.02. The van der Waals surface area contributed by atoms with Crippen LogP contribution >= 0.6 is 23.2 Å². The van der Waals surface area contributed by atoms with E-state index >= 15 is 0 Å². The molecule has 1 unspecified atom stereocenters. The van der Waals surface area contributed by atoms with Gasteiger partial charge in [-0.15, -0.1) is 0 Å². The zero-order valence-corrected chi connectivity index (χ0v) is 18.2. The number of ether oxygens (including phenoxy) is 1. The quantitative estimate of drug-likeness (QED) is 0.358. The molecule has 1 amide bonds. The van der Waals surface area contributed by atoms with Crippen molar-refractivity contribution < 1.29 is 31.5 Å². The number of rotatable bonds is 5. The molecule has 0 saturated heterocycles. The number of nitrogens with two attached hydrogens (primary N) is 1. The number of alkyl halides is 5. The lowest BCUT2D eigenvalue weighted by molar-refractivity contribution is -0.137. The van der Waals surface area contributed by atoms with Crippen LogP contribution in [0.15, 0.2) is 17.1 Å². The predicted octanol–water partition coefficient (Wildman–Crippen LogP) is 4.62. The van der Waals surface area contributed by atoms with Gasteiger partial charge in [0.15, 0.2) is 11.5 Å². The molecule has 0 aliphatic heterocycles. The van der Waals surface area contributed by atoms with Gasteiger partial charge in [-0.1, -0.05) is 23.2 Å². The Labute approximate surface area is 192 Å². The summed E-state index contributed by atoms with van der Waals surface area (Å²) in [6.45, 7) is 0. The van der Waals surface area contributed by atoms with Gasteiger partial charge in [-0.25, -0.2) is 23.2 Å². The Hall–Kier alpha value is -3.11. The molecule has 176 valence electrons. The van der Waals surface area contributed by atoms with E-state index in [1.165, 1.54) is 19.0 Å². The van der Waals surface area contributed by atoms with Crippen LogP contribution in [0.3, 0.4) is 0 Å². The molecule has 1 atom stereocenters. The molecule has 3 rings (SSSR count). The first-order chi connectivity index (χ1) is 15.1. The van der Waals surface area contributed by atoms with Crippen molar-refractivity contribution in [3.63, 3.8) is 0 Å². The molecule has 33 heavy (non-hydrogen) atoms. The Morgan fingerprint density at radius 3 is 2.30 bits per heavy atom. The van der Waals surface area contributed by atoms with E-state index in [0.29, 0.717) is 12.1 Å². The number of hydrogen-bond donors (Lipinski definition) is 1. The maximum absolute atomic E-state index is 14.4. The van der Waals surface area contributed by atoms with Crippen LogP contribution in [0, 0.1) is 11.3 Å². The second-order valence-corrected chi connectivity index (χ2v) is 8.01. The van der Waals surface area contributed by atoms with Crippen LogP contribution in [-0.2, 0) is 16.5 Å². The Kier molecular flexibility index (Phi) is 5.97. The van der Waals surface area contributed by atoms with E-state index in [9.17, 15) is 32.0 Å². The number of benzene rings is 1. The maximum Gasteiger partial charge on any atom is 0.416 e. The molecule has 8 nitrogen and oxygen atoms in total. The number of aromatic nitrogens is 2. The van der Waals surface area contributed by atoms with Crippen LogP contribution in [-0.4, -0.2) is 47.1 Å². The van der Waals surface area contributed by atoms with Crippen LogP contribution in [0.25, 0.3) is 5.69 Å². The van der Waals surface area contributed by atoms with Crippen molar-refractivity contribution >= 4 is 41.5 Å². The van der Waals surface area contributed by atoms with E-state index in [0.717, 1.165) is 11.0 Å². The molecule has 0 radical (unpaired) electrons. The SMILES string of the molecule is CN(C)C=Nc1c(C2(OC(N)=O)CC2(F)F)c(C#N)nn1-c1c(Cl)cc(C(F)(F)F)cc1Cl. The third-order valence-corrected chi connectivity index (χ3v) is 5.13. The lowest BCUT2D eigenvalue weighted by Gasteiger charge is -2.17. The van der Waals surface area contributed by atoms with Gasteiger partial charge >= 0.3 is 12.3 Å². The number of hydrogen-bond acceptors (Lipinski definition) is 5. The number of primary amides is 1. The van der Waals surface area contributed by atoms with Crippen molar-refractivity contribution in [3.05, 3.63) is 39.0 Å². The van der Waals surface area contributed by atoms with Crippen molar-refractivity contribution in [2.45, 2.75) is 24.1 Å². The molecule has 2 aromatic rings. The van der Waals surface area contributed by atoms with Crippen LogP contribution in [0.2, 0.25) is 10.0 Å². The lowest BCUT2D eigenvalue weighted by Crippen LogP contribution is -2.28. The standard InChI is InChI=1S/C18H13Cl2F5N6O2/c1-30(2)7-28-14-12(16(33-15(27)32)6-17(16,21)22)11(5-26)29-31(14)13-9(19)3-8(4-10(13)20)18(23,24)25/h3-4,7H,6H2,1-2H3,(H2,27,32). The first-order valence-electron chi connectivity index (χ1n) is 8.81. The van der Waals surface area contributed by atoms with Crippen LogP contribution < -0.4 is 5.73 Å². The highest BCUT2D eigenvalue weighted by Crippen LogP contribution is 2.65. The summed E-state index contributed by atoms with van der Waals surface area (Å²) >= 11 is 12.1. The Bertz CT molecular complexity index is 1180. The number of carbonyl (C=O) groups is 1. The van der Waals surface area contributed by atoms with E-state index in [2.05, 4.69) is 10.1 Å².